The van der Waals surface area contributed by atoms with Crippen molar-refractivity contribution in [1.29, 1.82) is 0 Å². The van der Waals surface area contributed by atoms with Crippen molar-refractivity contribution < 1.29 is 8.78 Å². The molecule has 4 aromatic rings. The van der Waals surface area contributed by atoms with Crippen LogP contribution in [0.5, 0.6) is 0 Å². The Hall–Kier alpha value is -3.10. The third kappa shape index (κ3) is 3.80. The molecular formula is C23H21ClF2N6. The highest BCUT2D eigenvalue weighted by atomic mass is 35.5. The summed E-state index contributed by atoms with van der Waals surface area (Å²) in [6, 6.07) is 8.27. The van der Waals surface area contributed by atoms with Crippen LogP contribution >= 0.6 is 11.6 Å². The molecule has 32 heavy (non-hydrogen) atoms. The van der Waals surface area contributed by atoms with E-state index in [4.69, 9.17) is 16.6 Å². The summed E-state index contributed by atoms with van der Waals surface area (Å²) >= 11 is 5.88. The van der Waals surface area contributed by atoms with E-state index in [9.17, 15) is 8.78 Å². The number of hydrogen-bond donors (Lipinski definition) is 2. The van der Waals surface area contributed by atoms with Crippen LogP contribution in [-0.4, -0.2) is 46.3 Å². The monoisotopic (exact) mass is 454 g/mol. The largest absolute Gasteiger partial charge is 0.370 e. The Morgan fingerprint density at radius 3 is 2.62 bits per heavy atom. The smallest absolute Gasteiger partial charge is 0.144 e. The van der Waals surface area contributed by atoms with Crippen LogP contribution in [0.15, 0.2) is 42.7 Å². The summed E-state index contributed by atoms with van der Waals surface area (Å²) in [6.45, 7) is 1.91. The Morgan fingerprint density at radius 2 is 1.84 bits per heavy atom. The number of nitrogens with one attached hydrogen (secondary N) is 2. The standard InChI is InChI=1S/C23H21ClF2N6/c1-27-13-4-6-32(7-5-13)14-8-22-21(28-11-14)3-2-20(30-22)16-12-29-31-23(16)15-9-17(24)19(26)10-18(15)25/h2-3,8-13,27H,4-7H2,1H3,(H,29,31). The number of fused-ring (bicyclic) bond motifs is 1. The summed E-state index contributed by atoms with van der Waals surface area (Å²) in [7, 11) is 2.00. The molecule has 0 radical (unpaired) electrons. The summed E-state index contributed by atoms with van der Waals surface area (Å²) < 4.78 is 28.1. The molecule has 0 spiro atoms. The minimum Gasteiger partial charge on any atom is -0.370 e. The van der Waals surface area contributed by atoms with E-state index in [1.807, 2.05) is 31.4 Å². The molecule has 1 aliphatic heterocycles. The van der Waals surface area contributed by atoms with Crippen molar-refractivity contribution in [3.63, 3.8) is 0 Å². The van der Waals surface area contributed by atoms with Crippen LogP contribution in [0.2, 0.25) is 5.02 Å². The first kappa shape index (κ1) is 20.8. The number of nitrogens with zero attached hydrogens (tertiary/aromatic N) is 4. The van der Waals surface area contributed by atoms with Crippen molar-refractivity contribution in [2.75, 3.05) is 25.0 Å². The lowest BCUT2D eigenvalue weighted by molar-refractivity contribution is 0.442. The zero-order valence-electron chi connectivity index (χ0n) is 17.4. The minimum atomic E-state index is -0.810. The predicted molar refractivity (Wildman–Crippen MR) is 122 cm³/mol. The molecule has 1 fully saturated rings. The summed E-state index contributed by atoms with van der Waals surface area (Å²) in [5.74, 6) is -1.54. The van der Waals surface area contributed by atoms with Gasteiger partial charge in [0.15, 0.2) is 0 Å². The molecule has 0 atom stereocenters. The minimum absolute atomic E-state index is 0.130. The number of H-pyrrole nitrogens is 1. The second kappa shape index (κ2) is 8.44. The van der Waals surface area contributed by atoms with Gasteiger partial charge in [0.25, 0.3) is 0 Å². The number of piperidine rings is 1. The molecule has 0 saturated carbocycles. The molecule has 1 aromatic carbocycles. The van der Waals surface area contributed by atoms with Crippen LogP contribution in [0.4, 0.5) is 14.5 Å². The van der Waals surface area contributed by atoms with Gasteiger partial charge >= 0.3 is 0 Å². The van der Waals surface area contributed by atoms with Crippen molar-refractivity contribution in [1.82, 2.24) is 25.5 Å². The Labute approximate surface area is 188 Å². The second-order valence-corrected chi connectivity index (χ2v) is 8.29. The van der Waals surface area contributed by atoms with Gasteiger partial charge in [-0.2, -0.15) is 5.10 Å². The van der Waals surface area contributed by atoms with Gasteiger partial charge in [-0.05, 0) is 44.2 Å². The molecule has 164 valence electrons. The molecule has 2 N–H and O–H groups in total. The maximum atomic E-state index is 14.5. The van der Waals surface area contributed by atoms with Gasteiger partial charge in [-0.15, -0.1) is 0 Å². The number of hydrogen-bond acceptors (Lipinski definition) is 5. The third-order valence-electron chi connectivity index (χ3n) is 5.99. The molecule has 3 aromatic heterocycles. The fourth-order valence-corrected chi connectivity index (χ4v) is 4.31. The number of rotatable bonds is 4. The number of aromatic nitrogens is 4. The third-order valence-corrected chi connectivity index (χ3v) is 6.28. The molecule has 0 bridgehead atoms. The Balaban J connectivity index is 1.51. The van der Waals surface area contributed by atoms with E-state index in [1.165, 1.54) is 6.07 Å². The normalized spacial score (nSPS) is 14.9. The lowest BCUT2D eigenvalue weighted by Crippen LogP contribution is -2.41. The number of benzene rings is 1. The summed E-state index contributed by atoms with van der Waals surface area (Å²) in [6.07, 6.45) is 5.60. The van der Waals surface area contributed by atoms with Crippen LogP contribution in [0.25, 0.3) is 33.5 Å². The Bertz CT molecular complexity index is 1280. The van der Waals surface area contributed by atoms with Crippen LogP contribution < -0.4 is 10.2 Å². The molecular weight excluding hydrogens is 434 g/mol. The Morgan fingerprint density at radius 1 is 1.03 bits per heavy atom. The highest BCUT2D eigenvalue weighted by Crippen LogP contribution is 2.34. The summed E-state index contributed by atoms with van der Waals surface area (Å²) in [4.78, 5) is 11.7. The SMILES string of the molecule is CNC1CCN(c2cnc3ccc(-c4cn[nH]c4-c4cc(Cl)c(F)cc4F)nc3c2)CC1. The maximum Gasteiger partial charge on any atom is 0.144 e. The molecule has 4 heterocycles. The molecule has 0 amide bonds. The highest BCUT2D eigenvalue weighted by molar-refractivity contribution is 6.31. The molecule has 9 heteroatoms. The van der Waals surface area contributed by atoms with E-state index >= 15 is 0 Å². The summed E-state index contributed by atoms with van der Waals surface area (Å²) in [5.41, 5.74) is 4.24. The van der Waals surface area contributed by atoms with Gasteiger partial charge in [0.1, 0.15) is 11.6 Å². The van der Waals surface area contributed by atoms with Crippen molar-refractivity contribution in [3.8, 4) is 22.5 Å². The van der Waals surface area contributed by atoms with Crippen molar-refractivity contribution >= 4 is 28.3 Å². The van der Waals surface area contributed by atoms with Crippen LogP contribution in [0, 0.1) is 11.6 Å². The maximum absolute atomic E-state index is 14.5. The van der Waals surface area contributed by atoms with E-state index < -0.39 is 11.6 Å². The fraction of sp³-hybridized carbons (Fsp3) is 0.261. The van der Waals surface area contributed by atoms with E-state index in [1.54, 1.807) is 6.20 Å². The Kier molecular flexibility index (Phi) is 5.48. The van der Waals surface area contributed by atoms with Crippen LogP contribution in [-0.2, 0) is 0 Å². The number of anilines is 1. The average molecular weight is 455 g/mol. The van der Waals surface area contributed by atoms with Crippen LogP contribution in [0.3, 0.4) is 0 Å². The van der Waals surface area contributed by atoms with E-state index in [2.05, 4.69) is 25.4 Å². The molecule has 1 saturated heterocycles. The van der Waals surface area contributed by atoms with E-state index in [-0.39, 0.29) is 10.6 Å². The highest BCUT2D eigenvalue weighted by Gasteiger charge is 2.20. The molecule has 1 aliphatic rings. The van der Waals surface area contributed by atoms with Crippen LogP contribution in [0.1, 0.15) is 12.8 Å². The molecule has 5 rings (SSSR count). The first-order chi connectivity index (χ1) is 15.5. The second-order valence-electron chi connectivity index (χ2n) is 7.88. The summed E-state index contributed by atoms with van der Waals surface area (Å²) in [5, 5.41) is 10.0. The fourth-order valence-electron chi connectivity index (χ4n) is 4.15. The first-order valence-electron chi connectivity index (χ1n) is 10.4. The van der Waals surface area contributed by atoms with E-state index in [0.717, 1.165) is 48.7 Å². The van der Waals surface area contributed by atoms with Gasteiger partial charge in [0.05, 0.1) is 45.5 Å². The lowest BCUT2D eigenvalue weighted by atomic mass is 10.0. The van der Waals surface area contributed by atoms with Gasteiger partial charge in [-0.25, -0.2) is 13.8 Å². The van der Waals surface area contributed by atoms with Crippen molar-refractivity contribution in [3.05, 3.63) is 59.4 Å². The molecule has 6 nitrogen and oxygen atoms in total. The van der Waals surface area contributed by atoms with Gasteiger partial charge in [-0.3, -0.25) is 10.1 Å². The quantitative estimate of drug-likeness (QED) is 0.433. The van der Waals surface area contributed by atoms with Gasteiger partial charge < -0.3 is 10.2 Å². The predicted octanol–water partition coefficient (Wildman–Crippen LogP) is 4.81. The van der Waals surface area contributed by atoms with Gasteiger partial charge in [0, 0.05) is 36.3 Å². The lowest BCUT2D eigenvalue weighted by Gasteiger charge is -2.33. The zero-order chi connectivity index (χ0) is 22.2. The van der Waals surface area contributed by atoms with Crippen molar-refractivity contribution in [2.45, 2.75) is 18.9 Å². The van der Waals surface area contributed by atoms with Gasteiger partial charge in [-0.1, -0.05) is 11.6 Å². The number of aromatic amines is 1. The van der Waals surface area contributed by atoms with Crippen molar-refractivity contribution in [2.24, 2.45) is 0 Å². The topological polar surface area (TPSA) is 69.7 Å². The number of halogens is 3. The van der Waals surface area contributed by atoms with Gasteiger partial charge in [0.2, 0.25) is 0 Å². The molecule has 0 unspecified atom stereocenters. The number of pyridine rings is 2. The first-order valence-corrected chi connectivity index (χ1v) is 10.8. The van der Waals surface area contributed by atoms with E-state index in [0.29, 0.717) is 23.0 Å². The zero-order valence-corrected chi connectivity index (χ0v) is 18.1. The molecule has 0 aliphatic carbocycles. The average Bonchev–Trinajstić information content (AvgIpc) is 3.30.